The lowest BCUT2D eigenvalue weighted by Crippen LogP contribution is -2.42. The molecule has 1 aliphatic rings. The number of hydrogen-bond acceptors (Lipinski definition) is 3. The van der Waals surface area contributed by atoms with Crippen LogP contribution in [0.25, 0.3) is 0 Å². The van der Waals surface area contributed by atoms with Crippen molar-refractivity contribution in [2.75, 3.05) is 0 Å². The molecule has 0 bridgehead atoms. The second-order valence-corrected chi connectivity index (χ2v) is 6.41. The molecule has 106 valence electrons. The number of nitrogens with zero attached hydrogens (tertiary/aromatic N) is 1. The van der Waals surface area contributed by atoms with E-state index in [2.05, 4.69) is 17.6 Å². The molecule has 0 aliphatic heterocycles. The highest BCUT2D eigenvalue weighted by Gasteiger charge is 2.21. The van der Waals surface area contributed by atoms with Crippen molar-refractivity contribution < 1.29 is 4.79 Å². The Bertz CT molecular complexity index is 387. The van der Waals surface area contributed by atoms with Crippen molar-refractivity contribution in [1.29, 1.82) is 5.26 Å². The lowest BCUT2D eigenvalue weighted by Gasteiger charge is -2.29. The van der Waals surface area contributed by atoms with Crippen LogP contribution < -0.4 is 10.6 Å². The largest absolute Gasteiger partial charge is 0.387 e. The van der Waals surface area contributed by atoms with Crippen LogP contribution in [0, 0.1) is 17.2 Å². The summed E-state index contributed by atoms with van der Waals surface area (Å²) in [6.45, 7) is 7.91. The highest BCUT2D eigenvalue weighted by molar-refractivity contribution is 5.97. The fourth-order valence-corrected chi connectivity index (χ4v) is 2.31. The Balaban J connectivity index is 2.61. The van der Waals surface area contributed by atoms with Crippen molar-refractivity contribution in [3.05, 3.63) is 11.8 Å². The van der Waals surface area contributed by atoms with Gasteiger partial charge in [0.15, 0.2) is 0 Å². The number of carbonyl (C=O) groups excluding carboxylic acids is 1. The minimum atomic E-state index is -0.328. The first kappa shape index (κ1) is 15.6. The molecule has 0 saturated heterocycles. The topological polar surface area (TPSA) is 64.9 Å². The van der Waals surface area contributed by atoms with E-state index in [-0.39, 0.29) is 17.0 Å². The maximum atomic E-state index is 11.9. The molecule has 2 N–H and O–H groups in total. The maximum absolute atomic E-state index is 11.9. The molecule has 1 saturated carbocycles. The van der Waals surface area contributed by atoms with Gasteiger partial charge in [-0.2, -0.15) is 5.26 Å². The first-order chi connectivity index (χ1) is 8.83. The van der Waals surface area contributed by atoms with E-state index in [4.69, 9.17) is 5.26 Å². The zero-order valence-corrected chi connectivity index (χ0v) is 12.4. The Hall–Kier alpha value is -1.50. The summed E-state index contributed by atoms with van der Waals surface area (Å²) in [6.07, 6.45) is 6.39. The van der Waals surface area contributed by atoms with Gasteiger partial charge in [0.25, 0.3) is 5.91 Å². The summed E-state index contributed by atoms with van der Waals surface area (Å²) in [5.41, 5.74) is -0.182. The van der Waals surface area contributed by atoms with Gasteiger partial charge in [-0.25, -0.2) is 0 Å². The third-order valence-corrected chi connectivity index (χ3v) is 3.41. The maximum Gasteiger partial charge on any atom is 0.263 e. The third-order valence-electron chi connectivity index (χ3n) is 3.41. The highest BCUT2D eigenvalue weighted by atomic mass is 16.1. The summed E-state index contributed by atoms with van der Waals surface area (Å²) < 4.78 is 0. The smallest absolute Gasteiger partial charge is 0.263 e. The van der Waals surface area contributed by atoms with Crippen LogP contribution in [-0.4, -0.2) is 17.5 Å². The Morgan fingerprint density at radius 3 is 2.47 bits per heavy atom. The second kappa shape index (κ2) is 6.60. The summed E-state index contributed by atoms with van der Waals surface area (Å²) in [4.78, 5) is 11.9. The normalized spacial score (nSPS) is 24.5. The van der Waals surface area contributed by atoms with E-state index < -0.39 is 0 Å². The van der Waals surface area contributed by atoms with Crippen molar-refractivity contribution in [1.82, 2.24) is 10.6 Å². The minimum absolute atomic E-state index is 0.146. The summed E-state index contributed by atoms with van der Waals surface area (Å²) >= 11 is 0. The van der Waals surface area contributed by atoms with E-state index in [0.717, 1.165) is 6.42 Å². The van der Waals surface area contributed by atoms with Gasteiger partial charge in [-0.1, -0.05) is 19.8 Å². The lowest BCUT2D eigenvalue weighted by molar-refractivity contribution is -0.118. The lowest BCUT2D eigenvalue weighted by atomic mass is 9.86. The summed E-state index contributed by atoms with van der Waals surface area (Å²) in [7, 11) is 0. The minimum Gasteiger partial charge on any atom is -0.387 e. The van der Waals surface area contributed by atoms with Gasteiger partial charge in [0.1, 0.15) is 11.6 Å². The quantitative estimate of drug-likeness (QED) is 0.607. The van der Waals surface area contributed by atoms with E-state index in [0.29, 0.717) is 12.0 Å². The molecule has 0 aromatic carbocycles. The van der Waals surface area contributed by atoms with Gasteiger partial charge in [0.2, 0.25) is 0 Å². The zero-order valence-electron chi connectivity index (χ0n) is 12.4. The molecule has 0 radical (unpaired) electrons. The van der Waals surface area contributed by atoms with Crippen molar-refractivity contribution in [3.8, 4) is 6.07 Å². The average Bonchev–Trinajstić information content (AvgIpc) is 2.29. The molecule has 2 atom stereocenters. The van der Waals surface area contributed by atoms with Gasteiger partial charge >= 0.3 is 0 Å². The van der Waals surface area contributed by atoms with Crippen LogP contribution in [-0.2, 0) is 4.79 Å². The summed E-state index contributed by atoms with van der Waals surface area (Å²) in [5, 5.41) is 15.1. The predicted octanol–water partition coefficient (Wildman–Crippen LogP) is 2.48. The number of nitriles is 1. The first-order valence-corrected chi connectivity index (χ1v) is 7.02. The van der Waals surface area contributed by atoms with Gasteiger partial charge in [-0.3, -0.25) is 4.79 Å². The van der Waals surface area contributed by atoms with Gasteiger partial charge in [0, 0.05) is 17.8 Å². The number of nitrogens with one attached hydrogen (secondary N) is 2. The third kappa shape index (κ3) is 5.34. The molecule has 1 rings (SSSR count). The van der Waals surface area contributed by atoms with E-state index >= 15 is 0 Å². The molecule has 0 spiro atoms. The van der Waals surface area contributed by atoms with Crippen LogP contribution in [0.4, 0.5) is 0 Å². The zero-order chi connectivity index (χ0) is 14.5. The number of rotatable bonds is 3. The molecule has 2 unspecified atom stereocenters. The van der Waals surface area contributed by atoms with Crippen LogP contribution in [0.3, 0.4) is 0 Å². The van der Waals surface area contributed by atoms with Crippen LogP contribution >= 0.6 is 0 Å². The fraction of sp³-hybridized carbons (Fsp3) is 0.733. The van der Waals surface area contributed by atoms with E-state index in [9.17, 15) is 4.79 Å². The molecule has 1 aliphatic carbocycles. The van der Waals surface area contributed by atoms with Crippen LogP contribution in [0.5, 0.6) is 0 Å². The monoisotopic (exact) mass is 263 g/mol. The molecule has 0 aromatic heterocycles. The van der Waals surface area contributed by atoms with Gasteiger partial charge in [0.05, 0.1) is 0 Å². The molecule has 0 aromatic rings. The number of amides is 1. The highest BCUT2D eigenvalue weighted by Crippen LogP contribution is 2.23. The first-order valence-electron chi connectivity index (χ1n) is 7.02. The molecular formula is C15H25N3O. The average molecular weight is 263 g/mol. The summed E-state index contributed by atoms with van der Waals surface area (Å²) in [5.74, 6) is 0.279. The van der Waals surface area contributed by atoms with Crippen molar-refractivity contribution in [3.63, 3.8) is 0 Å². The van der Waals surface area contributed by atoms with Crippen LogP contribution in [0.1, 0.15) is 53.4 Å². The Kier molecular flexibility index (Phi) is 5.41. The molecule has 4 nitrogen and oxygen atoms in total. The van der Waals surface area contributed by atoms with E-state index in [1.54, 1.807) is 6.20 Å². The molecule has 0 heterocycles. The van der Waals surface area contributed by atoms with Gasteiger partial charge in [-0.15, -0.1) is 0 Å². The van der Waals surface area contributed by atoms with Crippen molar-refractivity contribution >= 4 is 5.91 Å². The van der Waals surface area contributed by atoms with Crippen molar-refractivity contribution in [2.45, 2.75) is 65.0 Å². The van der Waals surface area contributed by atoms with Crippen LogP contribution in [0.2, 0.25) is 0 Å². The standard InChI is InChI=1S/C15H25N3O/c1-11-7-5-6-8-13(11)17-10-12(9-16)14(19)18-15(2,3)4/h10-11,13,17H,5-8H2,1-4H3,(H,18,19)/b12-10-. The van der Waals surface area contributed by atoms with Crippen molar-refractivity contribution in [2.24, 2.45) is 5.92 Å². The molecule has 1 amide bonds. The molecular weight excluding hydrogens is 238 g/mol. The summed E-state index contributed by atoms with van der Waals surface area (Å²) in [6, 6.07) is 2.34. The Morgan fingerprint density at radius 1 is 1.32 bits per heavy atom. The number of hydrogen-bond donors (Lipinski definition) is 2. The predicted molar refractivity (Wildman–Crippen MR) is 76.1 cm³/mol. The van der Waals surface area contributed by atoms with Crippen LogP contribution in [0.15, 0.2) is 11.8 Å². The van der Waals surface area contributed by atoms with Gasteiger partial charge in [-0.05, 0) is 39.5 Å². The Morgan fingerprint density at radius 2 is 1.95 bits per heavy atom. The molecule has 1 fully saturated rings. The van der Waals surface area contributed by atoms with Gasteiger partial charge < -0.3 is 10.6 Å². The van der Waals surface area contributed by atoms with E-state index in [1.165, 1.54) is 19.3 Å². The van der Waals surface area contributed by atoms with E-state index in [1.807, 2.05) is 26.8 Å². The SMILES string of the molecule is CC1CCCCC1N/C=C(/C#N)C(=O)NC(C)(C)C. The fourth-order valence-electron chi connectivity index (χ4n) is 2.31. The molecule has 19 heavy (non-hydrogen) atoms. The number of carbonyl (C=O) groups is 1. The second-order valence-electron chi connectivity index (χ2n) is 6.41. The molecule has 4 heteroatoms. The Labute approximate surface area is 116 Å².